The molecule has 0 spiro atoms. The fraction of sp³-hybridized carbons (Fsp3) is 0.643. The summed E-state index contributed by atoms with van der Waals surface area (Å²) >= 11 is 2.34. The van der Waals surface area contributed by atoms with Gasteiger partial charge in [0.25, 0.3) is 5.91 Å². The maximum absolute atomic E-state index is 12.1. The number of rotatable bonds is 7. The minimum atomic E-state index is -0.506. The van der Waals surface area contributed by atoms with Crippen LogP contribution >= 0.6 is 23.1 Å². The zero-order valence-electron chi connectivity index (χ0n) is 13.8. The van der Waals surface area contributed by atoms with Gasteiger partial charge < -0.3 is 20.1 Å². The molecule has 0 aromatic carbocycles. The minimum absolute atomic E-state index is 0.0346. The van der Waals surface area contributed by atoms with Crippen LogP contribution in [-0.4, -0.2) is 65.0 Å². The van der Waals surface area contributed by atoms with E-state index in [-0.39, 0.29) is 30.2 Å². The lowest BCUT2D eigenvalue weighted by Gasteiger charge is -2.30. The van der Waals surface area contributed by atoms with Crippen LogP contribution in [0.3, 0.4) is 0 Å². The van der Waals surface area contributed by atoms with E-state index in [2.05, 4.69) is 10.2 Å². The van der Waals surface area contributed by atoms with E-state index < -0.39 is 5.97 Å². The summed E-state index contributed by atoms with van der Waals surface area (Å²) < 4.78 is 10.5. The van der Waals surface area contributed by atoms with Gasteiger partial charge in [0.2, 0.25) is 5.13 Å². The van der Waals surface area contributed by atoms with Crippen LogP contribution in [0.15, 0.2) is 4.34 Å². The number of carbonyl (C=O) groups excluding carboxylic acids is 3. The Balaban J connectivity index is 1.65. The largest absolute Gasteiger partial charge is 0.466 e. The summed E-state index contributed by atoms with van der Waals surface area (Å²) in [6, 6.07) is 0. The van der Waals surface area contributed by atoms with Crippen LogP contribution in [0, 0.1) is 5.92 Å². The molecular formula is C14H20N4O5S2. The summed E-state index contributed by atoms with van der Waals surface area (Å²) in [5.41, 5.74) is 5.45. The first-order valence-electron chi connectivity index (χ1n) is 7.81. The average Bonchev–Trinajstić information content (AvgIpc) is 3.03. The predicted octanol–water partition coefficient (Wildman–Crippen LogP) is 0.557. The number of piperidine rings is 1. The van der Waals surface area contributed by atoms with Crippen LogP contribution in [0.4, 0.5) is 5.13 Å². The minimum Gasteiger partial charge on any atom is -0.466 e. The van der Waals surface area contributed by atoms with Gasteiger partial charge in [0.1, 0.15) is 0 Å². The lowest BCUT2D eigenvalue weighted by molar-refractivity contribution is -0.153. The Morgan fingerprint density at radius 1 is 1.28 bits per heavy atom. The van der Waals surface area contributed by atoms with E-state index >= 15 is 0 Å². The molecule has 1 saturated heterocycles. The van der Waals surface area contributed by atoms with Crippen LogP contribution in [0.25, 0.3) is 0 Å². The number of nitrogens with zero attached hydrogens (tertiary/aromatic N) is 3. The molecule has 0 bridgehead atoms. The molecule has 9 nitrogen and oxygen atoms in total. The molecule has 2 heterocycles. The molecule has 2 rings (SSSR count). The highest BCUT2D eigenvalue weighted by atomic mass is 32.2. The summed E-state index contributed by atoms with van der Waals surface area (Å²) in [4.78, 5) is 37.0. The molecular weight excluding hydrogens is 368 g/mol. The van der Waals surface area contributed by atoms with Crippen molar-refractivity contribution in [1.29, 1.82) is 0 Å². The van der Waals surface area contributed by atoms with Gasteiger partial charge in [-0.05, 0) is 19.8 Å². The maximum atomic E-state index is 12.1. The zero-order chi connectivity index (χ0) is 18.2. The molecule has 0 aliphatic carbocycles. The van der Waals surface area contributed by atoms with E-state index in [1.807, 2.05) is 0 Å². The number of carbonyl (C=O) groups is 3. The molecule has 25 heavy (non-hydrogen) atoms. The Morgan fingerprint density at radius 3 is 2.60 bits per heavy atom. The second-order valence-corrected chi connectivity index (χ2v) is 7.49. The molecule has 0 atom stereocenters. The number of hydrogen-bond donors (Lipinski definition) is 1. The van der Waals surface area contributed by atoms with Crippen molar-refractivity contribution in [2.75, 3.05) is 37.8 Å². The molecule has 2 N–H and O–H groups in total. The first-order chi connectivity index (χ1) is 12.0. The number of anilines is 1. The second-order valence-electron chi connectivity index (χ2n) is 5.26. The lowest BCUT2D eigenvalue weighted by atomic mass is 9.97. The van der Waals surface area contributed by atoms with Gasteiger partial charge in [-0.15, -0.1) is 10.2 Å². The summed E-state index contributed by atoms with van der Waals surface area (Å²) in [7, 11) is 0. The zero-order valence-corrected chi connectivity index (χ0v) is 15.4. The first-order valence-corrected chi connectivity index (χ1v) is 9.61. The van der Waals surface area contributed by atoms with Crippen molar-refractivity contribution in [3.63, 3.8) is 0 Å². The van der Waals surface area contributed by atoms with Crippen LogP contribution < -0.4 is 5.73 Å². The normalized spacial score (nSPS) is 15.0. The van der Waals surface area contributed by atoms with Crippen LogP contribution in [0.2, 0.25) is 0 Å². The van der Waals surface area contributed by atoms with Crippen molar-refractivity contribution < 1.29 is 23.9 Å². The molecule has 0 radical (unpaired) electrons. The highest BCUT2D eigenvalue weighted by Crippen LogP contribution is 2.23. The van der Waals surface area contributed by atoms with Crippen LogP contribution in [0.5, 0.6) is 0 Å². The molecule has 138 valence electrons. The summed E-state index contributed by atoms with van der Waals surface area (Å²) in [6.45, 7) is 2.73. The Labute approximate surface area is 153 Å². The lowest BCUT2D eigenvalue weighted by Crippen LogP contribution is -2.42. The quantitative estimate of drug-likeness (QED) is 0.527. The van der Waals surface area contributed by atoms with Crippen LogP contribution in [-0.2, 0) is 23.9 Å². The van der Waals surface area contributed by atoms with Crippen molar-refractivity contribution in [3.8, 4) is 0 Å². The number of thioether (sulfide) groups is 1. The molecule has 0 unspecified atom stereocenters. The molecule has 1 aliphatic rings. The van der Waals surface area contributed by atoms with Crippen molar-refractivity contribution in [2.24, 2.45) is 5.92 Å². The van der Waals surface area contributed by atoms with Gasteiger partial charge in [-0.1, -0.05) is 23.1 Å². The number of amides is 1. The number of likely N-dealkylation sites (tertiary alicyclic amines) is 1. The molecule has 1 aliphatic heterocycles. The molecule has 11 heteroatoms. The van der Waals surface area contributed by atoms with Crippen LogP contribution in [0.1, 0.15) is 19.8 Å². The summed E-state index contributed by atoms with van der Waals surface area (Å²) in [5, 5.41) is 7.75. The van der Waals surface area contributed by atoms with E-state index in [1.54, 1.807) is 11.8 Å². The van der Waals surface area contributed by atoms with E-state index in [0.717, 1.165) is 11.8 Å². The van der Waals surface area contributed by atoms with Crippen molar-refractivity contribution in [1.82, 2.24) is 15.1 Å². The van der Waals surface area contributed by atoms with Crippen molar-refractivity contribution >= 4 is 46.1 Å². The number of nitrogens with two attached hydrogens (primary N) is 1. The number of ether oxygens (including phenoxy) is 2. The number of nitrogen functional groups attached to an aromatic ring is 1. The molecule has 0 saturated carbocycles. The maximum Gasteiger partial charge on any atom is 0.316 e. The van der Waals surface area contributed by atoms with Crippen molar-refractivity contribution in [2.45, 2.75) is 24.1 Å². The smallest absolute Gasteiger partial charge is 0.316 e. The van der Waals surface area contributed by atoms with Gasteiger partial charge in [0.05, 0.1) is 18.3 Å². The molecule has 1 aromatic heterocycles. The number of aromatic nitrogens is 2. The second kappa shape index (κ2) is 9.56. The highest BCUT2D eigenvalue weighted by Gasteiger charge is 2.28. The highest BCUT2D eigenvalue weighted by molar-refractivity contribution is 8.01. The van der Waals surface area contributed by atoms with Gasteiger partial charge in [-0.25, -0.2) is 0 Å². The number of esters is 2. The van der Waals surface area contributed by atoms with E-state index in [1.165, 1.54) is 11.3 Å². The first kappa shape index (κ1) is 19.4. The van der Waals surface area contributed by atoms with Gasteiger partial charge in [0, 0.05) is 13.1 Å². The molecule has 1 fully saturated rings. The van der Waals surface area contributed by atoms with Gasteiger partial charge in [-0.2, -0.15) is 0 Å². The van der Waals surface area contributed by atoms with Gasteiger partial charge in [0.15, 0.2) is 10.9 Å². The van der Waals surface area contributed by atoms with E-state index in [0.29, 0.717) is 42.0 Å². The van der Waals surface area contributed by atoms with Crippen molar-refractivity contribution in [3.05, 3.63) is 0 Å². The van der Waals surface area contributed by atoms with Gasteiger partial charge in [-0.3, -0.25) is 14.4 Å². The Morgan fingerprint density at radius 2 is 2.00 bits per heavy atom. The third-order valence-electron chi connectivity index (χ3n) is 3.56. The topological polar surface area (TPSA) is 125 Å². The number of hydrogen-bond acceptors (Lipinski definition) is 10. The third kappa shape index (κ3) is 6.16. The fourth-order valence-electron chi connectivity index (χ4n) is 2.30. The summed E-state index contributed by atoms with van der Waals surface area (Å²) in [6.07, 6.45) is 1.12. The Hall–Kier alpha value is -1.88. The van der Waals surface area contributed by atoms with E-state index in [9.17, 15) is 14.4 Å². The molecule has 1 amide bonds. The van der Waals surface area contributed by atoms with Gasteiger partial charge >= 0.3 is 11.9 Å². The fourth-order valence-corrected chi connectivity index (χ4v) is 3.73. The Kier molecular flexibility index (Phi) is 7.44. The average molecular weight is 388 g/mol. The third-order valence-corrected chi connectivity index (χ3v) is 5.42. The Bertz CT molecular complexity index is 616. The SMILES string of the molecule is CCOC(=O)C1CCN(C(=O)COC(=O)CSc2nnc(N)s2)CC1. The monoisotopic (exact) mass is 388 g/mol. The standard InChI is InChI=1S/C14H20N4O5S2/c1-2-22-12(21)9-3-5-18(6-4-9)10(19)7-23-11(20)8-24-14-17-16-13(15)25-14/h9H,2-8H2,1H3,(H2,15,16). The molecule has 1 aromatic rings. The van der Waals surface area contributed by atoms with E-state index in [4.69, 9.17) is 15.2 Å². The predicted molar refractivity (Wildman–Crippen MR) is 91.9 cm³/mol. The summed E-state index contributed by atoms with van der Waals surface area (Å²) in [5.74, 6) is -1.11.